The molecule has 1 amide bonds. The summed E-state index contributed by atoms with van der Waals surface area (Å²) in [5.74, 6) is -0.0878. The van der Waals surface area contributed by atoms with E-state index < -0.39 is 0 Å². The van der Waals surface area contributed by atoms with Gasteiger partial charge in [-0.3, -0.25) is 14.5 Å². The van der Waals surface area contributed by atoms with Crippen LogP contribution in [0.1, 0.15) is 29.6 Å². The van der Waals surface area contributed by atoms with Crippen LogP contribution in [-0.2, 0) is 9.53 Å². The van der Waals surface area contributed by atoms with Crippen LogP contribution < -0.4 is 0 Å². The van der Waals surface area contributed by atoms with Crippen molar-refractivity contribution in [3.8, 4) is 6.07 Å². The topological polar surface area (TPSA) is 73.6 Å². The Morgan fingerprint density at radius 2 is 1.84 bits per heavy atom. The van der Waals surface area contributed by atoms with Gasteiger partial charge in [0.2, 0.25) is 5.91 Å². The Bertz CT molecular complexity index is 592. The van der Waals surface area contributed by atoms with Gasteiger partial charge in [0.25, 0.3) is 0 Å². The van der Waals surface area contributed by atoms with Gasteiger partial charge in [0, 0.05) is 51.1 Å². The third kappa shape index (κ3) is 6.65. The van der Waals surface area contributed by atoms with Gasteiger partial charge in [-0.25, -0.2) is 0 Å². The summed E-state index contributed by atoms with van der Waals surface area (Å²) in [5.41, 5.74) is 0.632. The van der Waals surface area contributed by atoms with Crippen molar-refractivity contribution >= 4 is 11.7 Å². The third-order valence-corrected chi connectivity index (χ3v) is 4.30. The lowest BCUT2D eigenvalue weighted by molar-refractivity contribution is -0.131. The van der Waals surface area contributed by atoms with Gasteiger partial charge in [0.05, 0.1) is 25.7 Å². The van der Waals surface area contributed by atoms with Crippen molar-refractivity contribution in [1.82, 2.24) is 9.80 Å². The number of Topliss-reactive ketones (excluding diaryl/α,β-unsaturated/α-hetero) is 1. The van der Waals surface area contributed by atoms with Gasteiger partial charge < -0.3 is 9.64 Å². The Balaban J connectivity index is 1.82. The van der Waals surface area contributed by atoms with Crippen LogP contribution in [0.4, 0.5) is 0 Å². The summed E-state index contributed by atoms with van der Waals surface area (Å²) in [4.78, 5) is 28.6. The maximum atomic E-state index is 12.5. The van der Waals surface area contributed by atoms with Crippen LogP contribution in [0.25, 0.3) is 0 Å². The van der Waals surface area contributed by atoms with E-state index in [1.165, 1.54) is 0 Å². The molecule has 0 spiro atoms. The van der Waals surface area contributed by atoms with Crippen LogP contribution in [0.5, 0.6) is 0 Å². The largest absolute Gasteiger partial charge is 0.379 e. The summed E-state index contributed by atoms with van der Waals surface area (Å²) >= 11 is 0. The summed E-state index contributed by atoms with van der Waals surface area (Å²) in [6.07, 6.45) is 0.688. The smallest absolute Gasteiger partial charge is 0.223 e. The number of carbonyl (C=O) groups is 2. The number of ketones is 1. The molecule has 134 valence electrons. The van der Waals surface area contributed by atoms with Crippen molar-refractivity contribution < 1.29 is 14.3 Å². The van der Waals surface area contributed by atoms with Crippen LogP contribution >= 0.6 is 0 Å². The van der Waals surface area contributed by atoms with Crippen LogP contribution in [0.15, 0.2) is 30.3 Å². The Kier molecular flexibility index (Phi) is 8.10. The van der Waals surface area contributed by atoms with Gasteiger partial charge in [-0.1, -0.05) is 30.3 Å². The minimum atomic E-state index is -0.0622. The van der Waals surface area contributed by atoms with Crippen molar-refractivity contribution in [3.05, 3.63) is 35.9 Å². The second kappa shape index (κ2) is 10.6. The summed E-state index contributed by atoms with van der Waals surface area (Å²) in [6.45, 7) is 4.95. The van der Waals surface area contributed by atoms with E-state index in [4.69, 9.17) is 10.00 Å². The van der Waals surface area contributed by atoms with Crippen LogP contribution in [0, 0.1) is 11.3 Å². The number of ether oxygens (including phenoxy) is 1. The molecule has 6 nitrogen and oxygen atoms in total. The molecule has 1 aliphatic heterocycles. The Hall–Kier alpha value is -2.23. The minimum Gasteiger partial charge on any atom is -0.379 e. The van der Waals surface area contributed by atoms with Gasteiger partial charge in [-0.2, -0.15) is 5.26 Å². The molecule has 1 aliphatic rings. The molecule has 25 heavy (non-hydrogen) atoms. The van der Waals surface area contributed by atoms with Crippen LogP contribution in [0.2, 0.25) is 0 Å². The molecular formula is C19H25N3O3. The van der Waals surface area contributed by atoms with Crippen LogP contribution in [0.3, 0.4) is 0 Å². The summed E-state index contributed by atoms with van der Waals surface area (Å²) < 4.78 is 5.32. The average Bonchev–Trinajstić information content (AvgIpc) is 2.67. The van der Waals surface area contributed by atoms with E-state index in [-0.39, 0.29) is 24.5 Å². The van der Waals surface area contributed by atoms with Gasteiger partial charge in [0.15, 0.2) is 5.78 Å². The van der Waals surface area contributed by atoms with Crippen molar-refractivity contribution in [1.29, 1.82) is 5.26 Å². The lowest BCUT2D eigenvalue weighted by Gasteiger charge is -2.30. The number of nitriles is 1. The van der Waals surface area contributed by atoms with Gasteiger partial charge >= 0.3 is 0 Å². The molecule has 0 radical (unpaired) electrons. The standard InChI is InChI=1S/C19H25N3O3/c20-9-4-10-22(12-11-21-13-15-25-16-14-21)19(24)8-7-18(23)17-5-2-1-3-6-17/h1-3,5-6H,4,7-8,10-16H2. The lowest BCUT2D eigenvalue weighted by Crippen LogP contribution is -2.43. The minimum absolute atomic E-state index is 0.0256. The lowest BCUT2D eigenvalue weighted by atomic mass is 10.1. The van der Waals surface area contributed by atoms with Gasteiger partial charge in [-0.15, -0.1) is 0 Å². The number of hydrogen-bond acceptors (Lipinski definition) is 5. The maximum absolute atomic E-state index is 12.5. The number of benzene rings is 1. The number of hydrogen-bond donors (Lipinski definition) is 0. The predicted molar refractivity (Wildman–Crippen MR) is 94.1 cm³/mol. The van der Waals surface area contributed by atoms with E-state index in [2.05, 4.69) is 11.0 Å². The molecule has 1 fully saturated rings. The maximum Gasteiger partial charge on any atom is 0.223 e. The molecule has 0 saturated carbocycles. The van der Waals surface area contributed by atoms with E-state index in [1.54, 1.807) is 17.0 Å². The Morgan fingerprint density at radius 1 is 1.12 bits per heavy atom. The monoisotopic (exact) mass is 343 g/mol. The summed E-state index contributed by atoms with van der Waals surface area (Å²) in [7, 11) is 0. The fourth-order valence-corrected chi connectivity index (χ4v) is 2.78. The molecule has 0 aliphatic carbocycles. The molecule has 0 aromatic heterocycles. The number of morpholine rings is 1. The quantitative estimate of drug-likeness (QED) is 0.638. The predicted octanol–water partition coefficient (Wildman–Crippen LogP) is 1.72. The Morgan fingerprint density at radius 3 is 2.52 bits per heavy atom. The first-order chi connectivity index (χ1) is 12.2. The molecular weight excluding hydrogens is 318 g/mol. The van der Waals surface area contributed by atoms with Crippen molar-refractivity contribution in [2.24, 2.45) is 0 Å². The molecule has 1 heterocycles. The van der Waals surface area contributed by atoms with Crippen molar-refractivity contribution in [2.75, 3.05) is 45.9 Å². The summed E-state index contributed by atoms with van der Waals surface area (Å²) in [5, 5.41) is 8.81. The third-order valence-electron chi connectivity index (χ3n) is 4.30. The molecule has 0 N–H and O–H groups in total. The van der Waals surface area contributed by atoms with Crippen molar-refractivity contribution in [3.63, 3.8) is 0 Å². The molecule has 0 bridgehead atoms. The normalized spacial score (nSPS) is 14.7. The van der Waals surface area contributed by atoms with E-state index in [0.717, 1.165) is 32.8 Å². The highest BCUT2D eigenvalue weighted by Gasteiger charge is 2.17. The Labute approximate surface area is 149 Å². The zero-order valence-electron chi connectivity index (χ0n) is 14.5. The van der Waals surface area contributed by atoms with Gasteiger partial charge in [-0.05, 0) is 0 Å². The molecule has 1 saturated heterocycles. The SMILES string of the molecule is N#CCCN(CCN1CCOCC1)C(=O)CCC(=O)c1ccccc1. The van der Waals surface area contributed by atoms with Crippen LogP contribution in [-0.4, -0.2) is 67.4 Å². The highest BCUT2D eigenvalue weighted by molar-refractivity contribution is 5.97. The number of carbonyl (C=O) groups excluding carboxylic acids is 2. The highest BCUT2D eigenvalue weighted by atomic mass is 16.5. The number of nitrogens with zero attached hydrogens (tertiary/aromatic N) is 3. The first-order valence-corrected chi connectivity index (χ1v) is 8.74. The molecule has 6 heteroatoms. The highest BCUT2D eigenvalue weighted by Crippen LogP contribution is 2.08. The molecule has 0 unspecified atom stereocenters. The molecule has 1 aromatic carbocycles. The second-order valence-corrected chi connectivity index (χ2v) is 6.03. The van der Waals surface area contributed by atoms with E-state index in [0.29, 0.717) is 25.1 Å². The molecule has 2 rings (SSSR count). The fourth-order valence-electron chi connectivity index (χ4n) is 2.78. The fraction of sp³-hybridized carbons (Fsp3) is 0.526. The molecule has 1 aromatic rings. The first-order valence-electron chi connectivity index (χ1n) is 8.74. The summed E-state index contributed by atoms with van der Waals surface area (Å²) in [6, 6.07) is 11.1. The average molecular weight is 343 g/mol. The zero-order valence-corrected chi connectivity index (χ0v) is 14.5. The first kappa shape index (κ1) is 19.1. The number of amides is 1. The number of rotatable bonds is 9. The van der Waals surface area contributed by atoms with E-state index >= 15 is 0 Å². The zero-order chi connectivity index (χ0) is 17.9. The second-order valence-electron chi connectivity index (χ2n) is 6.03. The van der Waals surface area contributed by atoms with E-state index in [1.807, 2.05) is 18.2 Å². The molecule has 0 atom stereocenters. The van der Waals surface area contributed by atoms with Crippen molar-refractivity contribution in [2.45, 2.75) is 19.3 Å². The van der Waals surface area contributed by atoms with E-state index in [9.17, 15) is 9.59 Å². The van der Waals surface area contributed by atoms with Gasteiger partial charge in [0.1, 0.15) is 0 Å².